The van der Waals surface area contributed by atoms with Gasteiger partial charge in [0, 0.05) is 30.5 Å². The van der Waals surface area contributed by atoms with Gasteiger partial charge in [0.15, 0.2) is 0 Å². The summed E-state index contributed by atoms with van der Waals surface area (Å²) in [5.41, 5.74) is 3.58. The summed E-state index contributed by atoms with van der Waals surface area (Å²) in [4.78, 5) is 12.3. The molecule has 0 saturated heterocycles. The van der Waals surface area contributed by atoms with E-state index >= 15 is 0 Å². The lowest BCUT2D eigenvalue weighted by Crippen LogP contribution is -2.25. The Morgan fingerprint density at radius 2 is 2.04 bits per heavy atom. The van der Waals surface area contributed by atoms with Gasteiger partial charge in [-0.3, -0.25) is 9.48 Å². The third kappa shape index (κ3) is 2.22. The van der Waals surface area contributed by atoms with E-state index in [0.29, 0.717) is 17.4 Å². The van der Waals surface area contributed by atoms with Crippen LogP contribution in [-0.2, 0) is 11.8 Å². The van der Waals surface area contributed by atoms with Crippen LogP contribution < -0.4 is 5.32 Å². The number of benzene rings is 1. The van der Waals surface area contributed by atoms with Crippen LogP contribution in [0.2, 0.25) is 5.15 Å². The van der Waals surface area contributed by atoms with Crippen molar-refractivity contribution < 1.29 is 4.79 Å². The summed E-state index contributed by atoms with van der Waals surface area (Å²) in [5.74, 6) is 0.499. The molecule has 1 amide bonds. The maximum absolute atomic E-state index is 12.3. The molecule has 3 aromatic rings. The molecule has 0 fully saturated rings. The Morgan fingerprint density at radius 3 is 2.71 bits per heavy atom. The summed E-state index contributed by atoms with van der Waals surface area (Å²) in [7, 11) is 1.80. The number of fused-ring (bicyclic) bond motifs is 1. The van der Waals surface area contributed by atoms with Crippen LogP contribution >= 0.6 is 11.6 Å². The number of para-hydroxylation sites is 1. The standard InChI is InChI=1S/C17H16ClN5O/c1-10-15(16(18)22(2)21-10)12-8-14(24)20-17-13(12)9-19-23(17)11-6-4-3-5-7-11/h3-7,9,12H,8H2,1-2H3,(H,20,24)/t12-/m1/s1. The molecular formula is C17H16ClN5O. The van der Waals surface area contributed by atoms with E-state index in [1.54, 1.807) is 22.6 Å². The largest absolute Gasteiger partial charge is 0.310 e. The Morgan fingerprint density at radius 1 is 1.29 bits per heavy atom. The Bertz CT molecular complexity index is 928. The fraction of sp³-hybridized carbons (Fsp3) is 0.235. The molecule has 0 aliphatic carbocycles. The minimum atomic E-state index is -0.146. The Labute approximate surface area is 144 Å². The van der Waals surface area contributed by atoms with Gasteiger partial charge in [-0.25, -0.2) is 4.68 Å². The lowest BCUT2D eigenvalue weighted by Gasteiger charge is -2.23. The second kappa shape index (κ2) is 5.49. The van der Waals surface area contributed by atoms with Crippen LogP contribution in [0.15, 0.2) is 36.5 Å². The monoisotopic (exact) mass is 341 g/mol. The molecule has 1 N–H and O–H groups in total. The van der Waals surface area contributed by atoms with Gasteiger partial charge in [0.05, 0.1) is 17.6 Å². The Kier molecular flexibility index (Phi) is 3.42. The number of amides is 1. The maximum atomic E-state index is 12.3. The SMILES string of the molecule is Cc1nn(C)c(Cl)c1[C@@H]1CC(=O)Nc2c1cnn2-c1ccccc1. The zero-order valence-electron chi connectivity index (χ0n) is 13.3. The summed E-state index contributed by atoms with van der Waals surface area (Å²) in [5, 5.41) is 12.4. The number of aromatic nitrogens is 4. The summed E-state index contributed by atoms with van der Waals surface area (Å²) >= 11 is 6.43. The molecule has 3 heterocycles. The van der Waals surface area contributed by atoms with Gasteiger partial charge in [0.25, 0.3) is 0 Å². The minimum absolute atomic E-state index is 0.0514. The maximum Gasteiger partial charge on any atom is 0.226 e. The van der Waals surface area contributed by atoms with E-state index in [0.717, 1.165) is 22.5 Å². The van der Waals surface area contributed by atoms with E-state index in [1.807, 2.05) is 37.3 Å². The van der Waals surface area contributed by atoms with Gasteiger partial charge < -0.3 is 5.32 Å². The van der Waals surface area contributed by atoms with Crippen molar-refractivity contribution in [1.29, 1.82) is 0 Å². The Balaban J connectivity index is 1.87. The number of anilines is 1. The van der Waals surface area contributed by atoms with Crippen molar-refractivity contribution in [2.75, 3.05) is 5.32 Å². The van der Waals surface area contributed by atoms with Crippen LogP contribution in [0.3, 0.4) is 0 Å². The molecule has 1 aliphatic heterocycles. The highest BCUT2D eigenvalue weighted by Gasteiger charge is 2.34. The van der Waals surface area contributed by atoms with Gasteiger partial charge in [-0.2, -0.15) is 10.2 Å². The second-order valence-electron chi connectivity index (χ2n) is 5.91. The zero-order valence-corrected chi connectivity index (χ0v) is 14.1. The number of carbonyl (C=O) groups is 1. The molecule has 1 atom stereocenters. The van der Waals surface area contributed by atoms with E-state index in [-0.39, 0.29) is 11.8 Å². The van der Waals surface area contributed by atoms with Crippen molar-refractivity contribution in [3.05, 3.63) is 58.5 Å². The van der Waals surface area contributed by atoms with Gasteiger partial charge in [0.2, 0.25) is 5.91 Å². The molecular weight excluding hydrogens is 326 g/mol. The second-order valence-corrected chi connectivity index (χ2v) is 6.27. The molecule has 2 aromatic heterocycles. The first-order valence-electron chi connectivity index (χ1n) is 7.68. The van der Waals surface area contributed by atoms with E-state index in [4.69, 9.17) is 11.6 Å². The fourth-order valence-electron chi connectivity index (χ4n) is 3.28. The van der Waals surface area contributed by atoms with E-state index in [1.165, 1.54) is 0 Å². The van der Waals surface area contributed by atoms with E-state index in [2.05, 4.69) is 15.5 Å². The smallest absolute Gasteiger partial charge is 0.226 e. The predicted octanol–water partition coefficient (Wildman–Crippen LogP) is 3.04. The van der Waals surface area contributed by atoms with Gasteiger partial charge in [-0.05, 0) is 19.1 Å². The first-order valence-corrected chi connectivity index (χ1v) is 8.06. The van der Waals surface area contributed by atoms with Crippen molar-refractivity contribution in [3.63, 3.8) is 0 Å². The number of halogens is 1. The zero-order chi connectivity index (χ0) is 16.8. The molecule has 1 aromatic carbocycles. The van der Waals surface area contributed by atoms with Gasteiger partial charge in [-0.15, -0.1) is 0 Å². The van der Waals surface area contributed by atoms with Crippen molar-refractivity contribution in [2.45, 2.75) is 19.3 Å². The molecule has 1 aliphatic rings. The van der Waals surface area contributed by atoms with Crippen molar-refractivity contribution in [1.82, 2.24) is 19.6 Å². The van der Waals surface area contributed by atoms with Crippen LogP contribution in [0, 0.1) is 6.92 Å². The topological polar surface area (TPSA) is 64.7 Å². The third-order valence-electron chi connectivity index (χ3n) is 4.37. The van der Waals surface area contributed by atoms with Gasteiger partial charge in [-0.1, -0.05) is 29.8 Å². The lowest BCUT2D eigenvalue weighted by molar-refractivity contribution is -0.116. The average molecular weight is 342 g/mol. The summed E-state index contributed by atoms with van der Waals surface area (Å²) < 4.78 is 3.39. The minimum Gasteiger partial charge on any atom is -0.310 e. The molecule has 6 nitrogen and oxygen atoms in total. The van der Waals surface area contributed by atoms with E-state index < -0.39 is 0 Å². The first-order chi connectivity index (χ1) is 11.6. The lowest BCUT2D eigenvalue weighted by atomic mass is 9.87. The van der Waals surface area contributed by atoms with Crippen LogP contribution in [0.1, 0.15) is 29.2 Å². The highest BCUT2D eigenvalue weighted by Crippen LogP contribution is 2.41. The molecule has 0 saturated carbocycles. The summed E-state index contributed by atoms with van der Waals surface area (Å²) in [6.45, 7) is 1.91. The summed E-state index contributed by atoms with van der Waals surface area (Å²) in [6.07, 6.45) is 2.13. The number of nitrogens with zero attached hydrogens (tertiary/aromatic N) is 4. The molecule has 4 rings (SSSR count). The van der Waals surface area contributed by atoms with E-state index in [9.17, 15) is 4.79 Å². The highest BCUT2D eigenvalue weighted by atomic mass is 35.5. The van der Waals surface area contributed by atoms with Crippen molar-refractivity contribution >= 4 is 23.3 Å². The average Bonchev–Trinajstić information content (AvgIpc) is 3.09. The number of carbonyl (C=O) groups excluding carboxylic acids is 1. The van der Waals surface area contributed by atoms with Crippen LogP contribution in [0.4, 0.5) is 5.82 Å². The molecule has 122 valence electrons. The van der Waals surface area contributed by atoms with Crippen LogP contribution in [0.25, 0.3) is 5.69 Å². The van der Waals surface area contributed by atoms with Crippen LogP contribution in [0.5, 0.6) is 0 Å². The molecule has 0 unspecified atom stereocenters. The van der Waals surface area contributed by atoms with Crippen molar-refractivity contribution in [2.24, 2.45) is 7.05 Å². The van der Waals surface area contributed by atoms with Gasteiger partial charge >= 0.3 is 0 Å². The number of nitrogens with one attached hydrogen (secondary N) is 1. The normalized spacial score (nSPS) is 16.8. The molecule has 24 heavy (non-hydrogen) atoms. The number of rotatable bonds is 2. The number of aryl methyl sites for hydroxylation is 2. The van der Waals surface area contributed by atoms with Crippen LogP contribution in [-0.4, -0.2) is 25.5 Å². The van der Waals surface area contributed by atoms with Gasteiger partial charge in [0.1, 0.15) is 11.0 Å². The number of hydrogen-bond donors (Lipinski definition) is 1. The molecule has 0 radical (unpaired) electrons. The quantitative estimate of drug-likeness (QED) is 0.779. The molecule has 0 spiro atoms. The molecule has 7 heteroatoms. The Hall–Kier alpha value is -2.60. The third-order valence-corrected chi connectivity index (χ3v) is 4.81. The summed E-state index contributed by atoms with van der Waals surface area (Å²) in [6, 6.07) is 9.72. The number of hydrogen-bond acceptors (Lipinski definition) is 3. The first kappa shape index (κ1) is 15.0. The fourth-order valence-corrected chi connectivity index (χ4v) is 3.59. The van der Waals surface area contributed by atoms with Crippen molar-refractivity contribution in [3.8, 4) is 5.69 Å². The predicted molar refractivity (Wildman–Crippen MR) is 91.6 cm³/mol. The molecule has 0 bridgehead atoms. The highest BCUT2D eigenvalue weighted by molar-refractivity contribution is 6.30.